The van der Waals surface area contributed by atoms with Crippen molar-refractivity contribution in [2.24, 2.45) is 0 Å². The molecular weight excluding hydrogens is 302 g/mol. The molecule has 0 fully saturated rings. The molecule has 0 aliphatic heterocycles. The van der Waals surface area contributed by atoms with Crippen LogP contribution in [-0.2, 0) is 0 Å². The summed E-state index contributed by atoms with van der Waals surface area (Å²) >= 11 is 0. The molecule has 0 unspecified atom stereocenters. The lowest BCUT2D eigenvalue weighted by Crippen LogP contribution is -2.29. The van der Waals surface area contributed by atoms with Gasteiger partial charge in [-0.2, -0.15) is 4.98 Å². The van der Waals surface area contributed by atoms with Crippen LogP contribution in [0.1, 0.15) is 34.1 Å². The number of rotatable bonds is 7. The number of hydrogen-bond acceptors (Lipinski definition) is 5. The number of benzene rings is 1. The van der Waals surface area contributed by atoms with Crippen LogP contribution in [0.25, 0.3) is 0 Å². The Morgan fingerprint density at radius 3 is 2.50 bits per heavy atom. The van der Waals surface area contributed by atoms with Gasteiger partial charge in [0.2, 0.25) is 5.95 Å². The van der Waals surface area contributed by atoms with Crippen LogP contribution in [0.3, 0.4) is 0 Å². The van der Waals surface area contributed by atoms with Crippen LogP contribution in [0, 0.1) is 20.8 Å². The van der Waals surface area contributed by atoms with E-state index in [4.69, 9.17) is 0 Å². The van der Waals surface area contributed by atoms with Crippen molar-refractivity contribution in [3.63, 3.8) is 0 Å². The molecule has 6 heteroatoms. The molecule has 1 heterocycles. The highest BCUT2D eigenvalue weighted by molar-refractivity contribution is 5.94. The largest absolute Gasteiger partial charge is 0.370 e. The molecule has 0 aliphatic rings. The molecule has 0 saturated heterocycles. The van der Waals surface area contributed by atoms with E-state index in [0.717, 1.165) is 23.6 Å². The summed E-state index contributed by atoms with van der Waals surface area (Å²) in [4.78, 5) is 20.8. The molecule has 0 radical (unpaired) electrons. The van der Waals surface area contributed by atoms with E-state index in [0.29, 0.717) is 24.6 Å². The van der Waals surface area contributed by atoms with E-state index in [1.165, 1.54) is 5.56 Å². The minimum absolute atomic E-state index is 0.0709. The normalized spacial score (nSPS) is 10.3. The Morgan fingerprint density at radius 1 is 1.00 bits per heavy atom. The van der Waals surface area contributed by atoms with Gasteiger partial charge in [0.15, 0.2) is 0 Å². The van der Waals surface area contributed by atoms with Crippen molar-refractivity contribution in [2.75, 3.05) is 30.3 Å². The quantitative estimate of drug-likeness (QED) is 0.681. The van der Waals surface area contributed by atoms with Gasteiger partial charge in [-0.25, -0.2) is 4.98 Å². The summed E-state index contributed by atoms with van der Waals surface area (Å²) in [5.74, 6) is 1.29. The highest BCUT2D eigenvalue weighted by atomic mass is 16.1. The number of carbonyl (C=O) groups excluding carboxylic acids is 1. The van der Waals surface area contributed by atoms with E-state index < -0.39 is 0 Å². The maximum atomic E-state index is 12.1. The van der Waals surface area contributed by atoms with E-state index in [1.807, 2.05) is 52.0 Å². The van der Waals surface area contributed by atoms with Gasteiger partial charge in [-0.05, 0) is 51.0 Å². The van der Waals surface area contributed by atoms with Crippen LogP contribution in [-0.4, -0.2) is 35.5 Å². The highest BCUT2D eigenvalue weighted by Gasteiger charge is 2.06. The van der Waals surface area contributed by atoms with Crippen molar-refractivity contribution in [2.45, 2.75) is 27.7 Å². The molecule has 1 amide bonds. The summed E-state index contributed by atoms with van der Waals surface area (Å²) < 4.78 is 0. The Kier molecular flexibility index (Phi) is 6.12. The molecule has 6 nitrogen and oxygen atoms in total. The first-order chi connectivity index (χ1) is 11.5. The second-order valence-corrected chi connectivity index (χ2v) is 5.73. The van der Waals surface area contributed by atoms with Crippen LogP contribution >= 0.6 is 0 Å². The Hall–Kier alpha value is -2.63. The van der Waals surface area contributed by atoms with Gasteiger partial charge in [-0.3, -0.25) is 4.79 Å². The SMILES string of the molecule is CCNc1cc(C)nc(NCCNC(=O)c2ccc(C)c(C)c2)n1. The predicted molar refractivity (Wildman–Crippen MR) is 97.7 cm³/mol. The fourth-order valence-corrected chi connectivity index (χ4v) is 2.25. The fourth-order valence-electron chi connectivity index (χ4n) is 2.25. The minimum Gasteiger partial charge on any atom is -0.370 e. The minimum atomic E-state index is -0.0709. The van der Waals surface area contributed by atoms with Crippen LogP contribution < -0.4 is 16.0 Å². The molecular formula is C18H25N5O. The van der Waals surface area contributed by atoms with Gasteiger partial charge in [0, 0.05) is 37.0 Å². The zero-order valence-corrected chi connectivity index (χ0v) is 14.7. The summed E-state index contributed by atoms with van der Waals surface area (Å²) in [6, 6.07) is 7.61. The number of hydrogen-bond donors (Lipinski definition) is 3. The van der Waals surface area contributed by atoms with Gasteiger partial charge < -0.3 is 16.0 Å². The van der Waals surface area contributed by atoms with Crippen molar-refractivity contribution in [3.05, 3.63) is 46.6 Å². The van der Waals surface area contributed by atoms with E-state index in [1.54, 1.807) is 0 Å². The van der Waals surface area contributed by atoms with Gasteiger partial charge in [-0.1, -0.05) is 6.07 Å². The molecule has 3 N–H and O–H groups in total. The molecule has 0 atom stereocenters. The lowest BCUT2D eigenvalue weighted by Gasteiger charge is -2.10. The molecule has 2 aromatic rings. The maximum absolute atomic E-state index is 12.1. The van der Waals surface area contributed by atoms with Crippen LogP contribution in [0.15, 0.2) is 24.3 Å². The van der Waals surface area contributed by atoms with Crippen LogP contribution in [0.5, 0.6) is 0 Å². The second kappa shape index (κ2) is 8.29. The van der Waals surface area contributed by atoms with E-state index in [9.17, 15) is 4.79 Å². The fraction of sp³-hybridized carbons (Fsp3) is 0.389. The Balaban J connectivity index is 1.84. The second-order valence-electron chi connectivity index (χ2n) is 5.73. The third kappa shape index (κ3) is 4.94. The van der Waals surface area contributed by atoms with Crippen molar-refractivity contribution < 1.29 is 4.79 Å². The molecule has 0 saturated carbocycles. The zero-order valence-electron chi connectivity index (χ0n) is 14.7. The molecule has 24 heavy (non-hydrogen) atoms. The number of nitrogens with zero attached hydrogens (tertiary/aromatic N) is 2. The van der Waals surface area contributed by atoms with Gasteiger partial charge in [0.1, 0.15) is 5.82 Å². The number of aromatic nitrogens is 2. The first kappa shape index (κ1) is 17.7. The number of aryl methyl sites for hydroxylation is 3. The Morgan fingerprint density at radius 2 is 1.79 bits per heavy atom. The van der Waals surface area contributed by atoms with Gasteiger partial charge >= 0.3 is 0 Å². The summed E-state index contributed by atoms with van der Waals surface area (Å²) in [5.41, 5.74) is 3.87. The number of carbonyl (C=O) groups is 1. The van der Waals surface area contributed by atoms with E-state index in [-0.39, 0.29) is 5.91 Å². The van der Waals surface area contributed by atoms with Gasteiger partial charge in [0.05, 0.1) is 0 Å². The number of nitrogens with one attached hydrogen (secondary N) is 3. The van der Waals surface area contributed by atoms with Crippen molar-refractivity contribution >= 4 is 17.7 Å². The third-order valence-corrected chi connectivity index (χ3v) is 3.67. The lowest BCUT2D eigenvalue weighted by atomic mass is 10.1. The molecule has 1 aromatic carbocycles. The molecule has 0 bridgehead atoms. The summed E-state index contributed by atoms with van der Waals surface area (Å²) in [7, 11) is 0. The Labute approximate surface area is 143 Å². The number of amides is 1. The van der Waals surface area contributed by atoms with Gasteiger partial charge in [-0.15, -0.1) is 0 Å². The van der Waals surface area contributed by atoms with Gasteiger partial charge in [0.25, 0.3) is 5.91 Å². The molecule has 0 spiro atoms. The molecule has 1 aromatic heterocycles. The third-order valence-electron chi connectivity index (χ3n) is 3.67. The molecule has 128 valence electrons. The topological polar surface area (TPSA) is 78.9 Å². The summed E-state index contributed by atoms with van der Waals surface area (Å²) in [6.07, 6.45) is 0. The standard InChI is InChI=1S/C18H25N5O/c1-5-19-16-11-14(4)22-18(23-16)21-9-8-20-17(24)15-7-6-12(2)13(3)10-15/h6-7,10-11H,5,8-9H2,1-4H3,(H,20,24)(H2,19,21,22,23). The molecule has 0 aliphatic carbocycles. The lowest BCUT2D eigenvalue weighted by molar-refractivity contribution is 0.0955. The highest BCUT2D eigenvalue weighted by Crippen LogP contribution is 2.10. The average molecular weight is 327 g/mol. The Bertz CT molecular complexity index is 715. The summed E-state index contributed by atoms with van der Waals surface area (Å²) in [5, 5.41) is 9.20. The van der Waals surface area contributed by atoms with E-state index >= 15 is 0 Å². The predicted octanol–water partition coefficient (Wildman–Crippen LogP) is 2.68. The smallest absolute Gasteiger partial charge is 0.251 e. The van der Waals surface area contributed by atoms with Crippen LogP contribution in [0.2, 0.25) is 0 Å². The maximum Gasteiger partial charge on any atom is 0.251 e. The van der Waals surface area contributed by atoms with E-state index in [2.05, 4.69) is 25.9 Å². The van der Waals surface area contributed by atoms with Crippen molar-refractivity contribution in [1.29, 1.82) is 0 Å². The first-order valence-corrected chi connectivity index (χ1v) is 8.18. The monoisotopic (exact) mass is 327 g/mol. The average Bonchev–Trinajstić information content (AvgIpc) is 2.54. The van der Waals surface area contributed by atoms with Crippen molar-refractivity contribution in [1.82, 2.24) is 15.3 Å². The number of anilines is 2. The molecule has 2 rings (SSSR count). The first-order valence-electron chi connectivity index (χ1n) is 8.18. The zero-order chi connectivity index (χ0) is 17.5. The van der Waals surface area contributed by atoms with Crippen molar-refractivity contribution in [3.8, 4) is 0 Å². The summed E-state index contributed by atoms with van der Waals surface area (Å²) in [6.45, 7) is 9.85. The van der Waals surface area contributed by atoms with Crippen LogP contribution in [0.4, 0.5) is 11.8 Å².